The summed E-state index contributed by atoms with van der Waals surface area (Å²) in [7, 11) is -1.91. The van der Waals surface area contributed by atoms with Crippen LogP contribution in [0.15, 0.2) is 42.5 Å². The molecule has 0 aliphatic carbocycles. The lowest BCUT2D eigenvalue weighted by Gasteiger charge is -2.17. The van der Waals surface area contributed by atoms with E-state index in [0.29, 0.717) is 24.3 Å². The molecule has 2 aromatic rings. The molecule has 0 saturated carbocycles. The molecule has 0 radical (unpaired) electrons. The van der Waals surface area contributed by atoms with Gasteiger partial charge in [0, 0.05) is 24.4 Å². The van der Waals surface area contributed by atoms with Gasteiger partial charge in [0.05, 0.1) is 29.0 Å². The Bertz CT molecular complexity index is 988. The van der Waals surface area contributed by atoms with Crippen molar-refractivity contribution >= 4 is 33.0 Å². The number of hydrogen-bond acceptors (Lipinski definition) is 6. The third-order valence-corrected chi connectivity index (χ3v) is 6.02. The molecule has 0 unspecified atom stereocenters. The lowest BCUT2D eigenvalue weighted by atomic mass is 10.1. The number of amides is 1. The second kappa shape index (κ2) is 7.23. The number of benzene rings is 2. The largest absolute Gasteiger partial charge is 0.496 e. The highest BCUT2D eigenvalue weighted by Gasteiger charge is 2.28. The smallest absolute Gasteiger partial charge is 0.270 e. The van der Waals surface area contributed by atoms with Gasteiger partial charge in [0.2, 0.25) is 10.0 Å². The molecule has 27 heavy (non-hydrogen) atoms. The molecule has 0 atom stereocenters. The predicted molar refractivity (Wildman–Crippen MR) is 99.8 cm³/mol. The Labute approximate surface area is 155 Å². The molecule has 10 heteroatoms. The number of nitrogens with one attached hydrogen (secondary N) is 1. The molecule has 0 aromatic heterocycles. The van der Waals surface area contributed by atoms with Crippen molar-refractivity contribution in [1.82, 2.24) is 0 Å². The molecule has 0 bridgehead atoms. The average molecular weight is 391 g/mol. The Kier molecular flexibility index (Phi) is 5.00. The average Bonchev–Trinajstić information content (AvgIpc) is 3.00. The van der Waals surface area contributed by atoms with Gasteiger partial charge in [0.1, 0.15) is 5.75 Å². The van der Waals surface area contributed by atoms with E-state index in [1.807, 2.05) is 0 Å². The van der Waals surface area contributed by atoms with Gasteiger partial charge in [0.25, 0.3) is 11.6 Å². The maximum atomic E-state index is 12.5. The van der Waals surface area contributed by atoms with Gasteiger partial charge < -0.3 is 10.1 Å². The van der Waals surface area contributed by atoms with Crippen molar-refractivity contribution in [2.24, 2.45) is 0 Å². The maximum Gasteiger partial charge on any atom is 0.270 e. The Morgan fingerprint density at radius 1 is 1.22 bits per heavy atom. The first-order valence-electron chi connectivity index (χ1n) is 8.06. The number of nitro benzene ring substituents is 1. The summed E-state index contributed by atoms with van der Waals surface area (Å²) in [6.45, 7) is 0.429. The van der Waals surface area contributed by atoms with Gasteiger partial charge >= 0.3 is 0 Å². The quantitative estimate of drug-likeness (QED) is 0.617. The number of rotatable bonds is 5. The normalized spacial score (nSPS) is 15.4. The van der Waals surface area contributed by atoms with Crippen LogP contribution in [0.25, 0.3) is 0 Å². The first-order valence-corrected chi connectivity index (χ1v) is 9.67. The van der Waals surface area contributed by atoms with Crippen LogP contribution in [0.2, 0.25) is 0 Å². The molecule has 9 nitrogen and oxygen atoms in total. The van der Waals surface area contributed by atoms with Crippen molar-refractivity contribution in [3.8, 4) is 5.75 Å². The molecule has 1 saturated heterocycles. The van der Waals surface area contributed by atoms with Gasteiger partial charge in [-0.05, 0) is 36.8 Å². The predicted octanol–water partition coefficient (Wildman–Crippen LogP) is 2.40. The van der Waals surface area contributed by atoms with Crippen molar-refractivity contribution in [3.05, 3.63) is 58.1 Å². The SMILES string of the molecule is COc1ccc([N+](=O)[O-])cc1C(=O)Nc1ccc(N2CCCS2(=O)=O)cc1. The van der Waals surface area contributed by atoms with E-state index in [0.717, 1.165) is 6.07 Å². The summed E-state index contributed by atoms with van der Waals surface area (Å²) in [5.74, 6) is -0.243. The van der Waals surface area contributed by atoms with Crippen LogP contribution >= 0.6 is 0 Å². The number of carbonyl (C=O) groups is 1. The monoisotopic (exact) mass is 391 g/mol. The van der Waals surface area contributed by atoms with E-state index in [1.54, 1.807) is 24.3 Å². The summed E-state index contributed by atoms with van der Waals surface area (Å²) in [6, 6.07) is 10.1. The molecule has 1 fully saturated rings. The number of ether oxygens (including phenoxy) is 1. The summed E-state index contributed by atoms with van der Waals surface area (Å²) in [6.07, 6.45) is 0.577. The molecule has 0 spiro atoms. The third-order valence-electron chi connectivity index (χ3n) is 4.15. The molecular formula is C17H17N3O6S. The van der Waals surface area contributed by atoms with Crippen LogP contribution in [-0.2, 0) is 10.0 Å². The fourth-order valence-corrected chi connectivity index (χ4v) is 4.39. The zero-order valence-electron chi connectivity index (χ0n) is 14.4. The Morgan fingerprint density at radius 2 is 1.93 bits per heavy atom. The maximum absolute atomic E-state index is 12.5. The van der Waals surface area contributed by atoms with Crippen molar-refractivity contribution in [1.29, 1.82) is 0 Å². The van der Waals surface area contributed by atoms with Crippen LogP contribution in [0.1, 0.15) is 16.8 Å². The number of methoxy groups -OCH3 is 1. The van der Waals surface area contributed by atoms with Crippen LogP contribution in [0.3, 0.4) is 0 Å². The zero-order chi connectivity index (χ0) is 19.6. The Morgan fingerprint density at radius 3 is 2.48 bits per heavy atom. The highest BCUT2D eigenvalue weighted by molar-refractivity contribution is 7.93. The van der Waals surface area contributed by atoms with Crippen LogP contribution in [0, 0.1) is 10.1 Å². The number of hydrogen-bond donors (Lipinski definition) is 1. The fourth-order valence-electron chi connectivity index (χ4n) is 2.83. The van der Waals surface area contributed by atoms with Gasteiger partial charge in [-0.1, -0.05) is 0 Å². The lowest BCUT2D eigenvalue weighted by Crippen LogP contribution is -2.25. The second-order valence-electron chi connectivity index (χ2n) is 5.88. The first kappa shape index (κ1) is 18.6. The van der Waals surface area contributed by atoms with Crippen LogP contribution in [0.5, 0.6) is 5.75 Å². The van der Waals surface area contributed by atoms with E-state index in [9.17, 15) is 23.3 Å². The fraction of sp³-hybridized carbons (Fsp3) is 0.235. The van der Waals surface area contributed by atoms with Crippen molar-refractivity contribution < 1.29 is 22.9 Å². The van der Waals surface area contributed by atoms with Gasteiger partial charge in [-0.25, -0.2) is 8.42 Å². The number of nitrogens with zero attached hydrogens (tertiary/aromatic N) is 2. The molecule has 1 aliphatic rings. The summed E-state index contributed by atoms with van der Waals surface area (Å²) in [4.78, 5) is 22.8. The number of sulfonamides is 1. The number of carbonyl (C=O) groups excluding carboxylic acids is 1. The molecule has 1 heterocycles. The lowest BCUT2D eigenvalue weighted by molar-refractivity contribution is -0.384. The van der Waals surface area contributed by atoms with E-state index in [4.69, 9.17) is 4.74 Å². The van der Waals surface area contributed by atoms with Crippen LogP contribution < -0.4 is 14.4 Å². The molecule has 142 valence electrons. The minimum Gasteiger partial charge on any atom is -0.496 e. The van der Waals surface area contributed by atoms with Crippen molar-refractivity contribution in [3.63, 3.8) is 0 Å². The zero-order valence-corrected chi connectivity index (χ0v) is 15.2. The van der Waals surface area contributed by atoms with Gasteiger partial charge in [-0.15, -0.1) is 0 Å². The topological polar surface area (TPSA) is 119 Å². The summed E-state index contributed by atoms with van der Waals surface area (Å²) in [5, 5.41) is 13.6. The second-order valence-corrected chi connectivity index (χ2v) is 7.90. The first-order chi connectivity index (χ1) is 12.8. The molecule has 1 N–H and O–H groups in total. The van der Waals surface area contributed by atoms with Gasteiger partial charge in [-0.2, -0.15) is 0 Å². The van der Waals surface area contributed by atoms with E-state index in [1.165, 1.54) is 23.5 Å². The van der Waals surface area contributed by atoms with E-state index >= 15 is 0 Å². The summed E-state index contributed by atoms with van der Waals surface area (Å²) in [5.41, 5.74) is 0.751. The van der Waals surface area contributed by atoms with Crippen molar-refractivity contribution in [2.45, 2.75) is 6.42 Å². The molecular weight excluding hydrogens is 374 g/mol. The van der Waals surface area contributed by atoms with E-state index in [-0.39, 0.29) is 22.8 Å². The molecule has 1 amide bonds. The Hall–Kier alpha value is -3.14. The minimum atomic E-state index is -3.28. The van der Waals surface area contributed by atoms with E-state index in [2.05, 4.69) is 5.32 Å². The molecule has 3 rings (SSSR count). The van der Waals surface area contributed by atoms with E-state index < -0.39 is 20.9 Å². The van der Waals surface area contributed by atoms with Gasteiger partial charge in [0.15, 0.2) is 0 Å². The van der Waals surface area contributed by atoms with Crippen LogP contribution in [-0.4, -0.2) is 38.7 Å². The number of nitro groups is 1. The summed E-state index contributed by atoms with van der Waals surface area (Å²) < 4.78 is 30.3. The molecule has 1 aliphatic heterocycles. The molecule has 2 aromatic carbocycles. The Balaban J connectivity index is 1.80. The third kappa shape index (κ3) is 3.85. The number of non-ortho nitro benzene ring substituents is 1. The standard InChI is InChI=1S/C17H17N3O6S/c1-26-16-8-7-14(20(22)23)11-15(16)17(21)18-12-3-5-13(6-4-12)19-9-2-10-27(19,24)25/h3-8,11H,2,9-10H2,1H3,(H,18,21). The van der Waals surface area contributed by atoms with Gasteiger partial charge in [-0.3, -0.25) is 19.2 Å². The van der Waals surface area contributed by atoms with Crippen molar-refractivity contribution in [2.75, 3.05) is 29.0 Å². The minimum absolute atomic E-state index is 0.0258. The number of anilines is 2. The van der Waals surface area contributed by atoms with Crippen LogP contribution in [0.4, 0.5) is 17.1 Å². The highest BCUT2D eigenvalue weighted by Crippen LogP contribution is 2.27. The highest BCUT2D eigenvalue weighted by atomic mass is 32.2. The summed E-state index contributed by atoms with van der Waals surface area (Å²) >= 11 is 0.